The summed E-state index contributed by atoms with van der Waals surface area (Å²) in [4.78, 5) is 38.2. The maximum atomic E-state index is 12.9. The zero-order valence-corrected chi connectivity index (χ0v) is 53.9. The van der Waals surface area contributed by atoms with Crippen molar-refractivity contribution in [3.63, 3.8) is 0 Å². The van der Waals surface area contributed by atoms with Crippen molar-refractivity contribution < 1.29 is 28.6 Å². The van der Waals surface area contributed by atoms with E-state index in [2.05, 4.69) is 32.9 Å². The Kier molecular flexibility index (Phi) is 67.0. The summed E-state index contributed by atoms with van der Waals surface area (Å²) in [5.74, 6) is -0.843. The standard InChI is InChI=1S/C73H140O6/c1-4-7-10-13-16-19-21-23-25-27-29-30-31-32-33-34-35-36-37-38-39-40-41-42-43-44-46-47-49-51-54-57-60-63-66-72(75)78-69-70(68-77-71(74)65-62-59-56-53-18-15-12-9-6-3)79-73(76)67-64-61-58-55-52-50-48-45-28-26-24-22-20-17-14-11-8-5-2/h26,28,70H,4-25,27,29-69H2,1-3H3/b28-26-. The van der Waals surface area contributed by atoms with Crippen LogP contribution in [0.25, 0.3) is 0 Å². The molecule has 0 aliphatic carbocycles. The molecular formula is C73H140O6. The van der Waals surface area contributed by atoms with Crippen LogP contribution in [0.1, 0.15) is 419 Å². The van der Waals surface area contributed by atoms with E-state index < -0.39 is 6.10 Å². The van der Waals surface area contributed by atoms with Crippen molar-refractivity contribution in [3.8, 4) is 0 Å². The van der Waals surface area contributed by atoms with Crippen LogP contribution in [0.5, 0.6) is 0 Å². The Morgan fingerprint density at radius 2 is 0.418 bits per heavy atom. The van der Waals surface area contributed by atoms with E-state index in [1.54, 1.807) is 0 Å². The quantitative estimate of drug-likeness (QED) is 0.0261. The number of ether oxygens (including phenoxy) is 3. The van der Waals surface area contributed by atoms with Gasteiger partial charge < -0.3 is 14.2 Å². The second-order valence-electron chi connectivity index (χ2n) is 24.9. The molecular weight excluding hydrogens is 973 g/mol. The van der Waals surface area contributed by atoms with E-state index in [9.17, 15) is 14.4 Å². The summed E-state index contributed by atoms with van der Waals surface area (Å²) in [6.07, 6.45) is 82.8. The van der Waals surface area contributed by atoms with Gasteiger partial charge >= 0.3 is 17.9 Å². The van der Waals surface area contributed by atoms with Gasteiger partial charge in [-0.15, -0.1) is 0 Å². The smallest absolute Gasteiger partial charge is 0.306 e. The third kappa shape index (κ3) is 66.8. The molecule has 0 saturated carbocycles. The Morgan fingerprint density at radius 1 is 0.241 bits per heavy atom. The van der Waals surface area contributed by atoms with Gasteiger partial charge in [0.15, 0.2) is 6.10 Å². The number of carbonyl (C=O) groups excluding carboxylic acids is 3. The van der Waals surface area contributed by atoms with Crippen LogP contribution < -0.4 is 0 Å². The summed E-state index contributed by atoms with van der Waals surface area (Å²) in [5.41, 5.74) is 0. The lowest BCUT2D eigenvalue weighted by Crippen LogP contribution is -2.30. The molecule has 468 valence electrons. The molecule has 0 N–H and O–H groups in total. The Balaban J connectivity index is 3.98. The van der Waals surface area contributed by atoms with Gasteiger partial charge in [-0.2, -0.15) is 0 Å². The van der Waals surface area contributed by atoms with E-state index in [4.69, 9.17) is 14.2 Å². The van der Waals surface area contributed by atoms with Crippen molar-refractivity contribution in [3.05, 3.63) is 12.2 Å². The van der Waals surface area contributed by atoms with Crippen LogP contribution in [0.2, 0.25) is 0 Å². The molecule has 0 radical (unpaired) electrons. The van der Waals surface area contributed by atoms with Crippen LogP contribution in [0.3, 0.4) is 0 Å². The van der Waals surface area contributed by atoms with Crippen LogP contribution >= 0.6 is 0 Å². The molecule has 0 bridgehead atoms. The SMILES string of the molecule is CCCCCCCCC/C=C\CCCCCCCCCC(=O)OC(COC(=O)CCCCCCCCCCC)COC(=O)CCCCCCCCCCCCCCCCCCCCCCCCCCCCCCCCCCCC. The first-order valence-corrected chi connectivity index (χ1v) is 36.2. The minimum absolute atomic E-state index is 0.0656. The van der Waals surface area contributed by atoms with Crippen molar-refractivity contribution in [2.45, 2.75) is 425 Å². The minimum atomic E-state index is -0.767. The molecule has 0 aromatic heterocycles. The van der Waals surface area contributed by atoms with Crippen molar-refractivity contribution in [2.24, 2.45) is 0 Å². The predicted octanol–water partition coefficient (Wildman–Crippen LogP) is 24.8. The first kappa shape index (κ1) is 77.2. The number of hydrogen-bond acceptors (Lipinski definition) is 6. The van der Waals surface area contributed by atoms with Gasteiger partial charge in [0.1, 0.15) is 13.2 Å². The van der Waals surface area contributed by atoms with Crippen molar-refractivity contribution >= 4 is 17.9 Å². The van der Waals surface area contributed by atoms with Crippen molar-refractivity contribution in [2.75, 3.05) is 13.2 Å². The van der Waals surface area contributed by atoms with E-state index in [1.165, 1.54) is 321 Å². The minimum Gasteiger partial charge on any atom is -0.462 e. The lowest BCUT2D eigenvalue weighted by molar-refractivity contribution is -0.167. The predicted molar refractivity (Wildman–Crippen MR) is 344 cm³/mol. The fourth-order valence-electron chi connectivity index (χ4n) is 11.3. The first-order chi connectivity index (χ1) is 39.0. The number of allylic oxidation sites excluding steroid dienone is 2. The molecule has 6 heteroatoms. The molecule has 0 saturated heterocycles. The van der Waals surface area contributed by atoms with Gasteiger partial charge in [-0.25, -0.2) is 0 Å². The second-order valence-corrected chi connectivity index (χ2v) is 24.9. The van der Waals surface area contributed by atoms with E-state index in [1.807, 2.05) is 0 Å². The monoisotopic (exact) mass is 1110 g/mol. The van der Waals surface area contributed by atoms with Gasteiger partial charge in [0, 0.05) is 19.3 Å². The Hall–Kier alpha value is -1.85. The molecule has 0 aliphatic rings. The number of hydrogen-bond donors (Lipinski definition) is 0. The fraction of sp³-hybridized carbons (Fsp3) is 0.932. The van der Waals surface area contributed by atoms with Crippen LogP contribution in [-0.2, 0) is 28.6 Å². The summed E-state index contributed by atoms with van der Waals surface area (Å²) in [6, 6.07) is 0. The normalized spacial score (nSPS) is 12.0. The highest BCUT2D eigenvalue weighted by Crippen LogP contribution is 2.19. The summed E-state index contributed by atoms with van der Waals surface area (Å²) in [6.45, 7) is 6.69. The summed E-state index contributed by atoms with van der Waals surface area (Å²) in [5, 5.41) is 0. The van der Waals surface area contributed by atoms with Crippen LogP contribution in [0, 0.1) is 0 Å². The van der Waals surface area contributed by atoms with Crippen molar-refractivity contribution in [1.82, 2.24) is 0 Å². The van der Waals surface area contributed by atoms with E-state index >= 15 is 0 Å². The van der Waals surface area contributed by atoms with Gasteiger partial charge in [0.25, 0.3) is 0 Å². The third-order valence-corrected chi connectivity index (χ3v) is 16.8. The summed E-state index contributed by atoms with van der Waals surface area (Å²) >= 11 is 0. The number of esters is 3. The molecule has 0 spiro atoms. The van der Waals surface area contributed by atoms with E-state index in [0.717, 1.165) is 57.8 Å². The zero-order valence-electron chi connectivity index (χ0n) is 53.9. The van der Waals surface area contributed by atoms with Gasteiger partial charge in [0.2, 0.25) is 0 Å². The number of unbranched alkanes of at least 4 members (excludes halogenated alkanes) is 55. The summed E-state index contributed by atoms with van der Waals surface area (Å²) in [7, 11) is 0. The highest BCUT2D eigenvalue weighted by atomic mass is 16.6. The molecule has 0 rings (SSSR count). The number of rotatable bonds is 68. The Bertz CT molecular complexity index is 1230. The molecule has 79 heavy (non-hydrogen) atoms. The van der Waals surface area contributed by atoms with Crippen LogP contribution in [0.15, 0.2) is 12.2 Å². The van der Waals surface area contributed by atoms with Crippen LogP contribution in [-0.4, -0.2) is 37.2 Å². The average Bonchev–Trinajstić information content (AvgIpc) is 3.45. The van der Waals surface area contributed by atoms with Crippen LogP contribution in [0.4, 0.5) is 0 Å². The van der Waals surface area contributed by atoms with Crippen molar-refractivity contribution in [1.29, 1.82) is 0 Å². The molecule has 0 amide bonds. The van der Waals surface area contributed by atoms with E-state index in [0.29, 0.717) is 19.3 Å². The highest BCUT2D eigenvalue weighted by molar-refractivity contribution is 5.71. The molecule has 6 nitrogen and oxygen atoms in total. The maximum Gasteiger partial charge on any atom is 0.306 e. The number of carbonyl (C=O) groups is 3. The lowest BCUT2D eigenvalue weighted by atomic mass is 10.0. The Labute approximate surface area is 494 Å². The van der Waals surface area contributed by atoms with Gasteiger partial charge in [-0.05, 0) is 44.9 Å². The molecule has 1 atom stereocenters. The molecule has 0 aliphatic heterocycles. The molecule has 0 aromatic carbocycles. The van der Waals surface area contributed by atoms with Gasteiger partial charge in [-0.3, -0.25) is 14.4 Å². The summed E-state index contributed by atoms with van der Waals surface area (Å²) < 4.78 is 16.9. The Morgan fingerprint density at radius 3 is 0.633 bits per heavy atom. The highest BCUT2D eigenvalue weighted by Gasteiger charge is 2.19. The second kappa shape index (κ2) is 68.6. The largest absolute Gasteiger partial charge is 0.462 e. The van der Waals surface area contributed by atoms with Gasteiger partial charge in [-0.1, -0.05) is 367 Å². The zero-order chi connectivity index (χ0) is 57.1. The first-order valence-electron chi connectivity index (χ1n) is 36.2. The molecule has 0 fully saturated rings. The van der Waals surface area contributed by atoms with E-state index in [-0.39, 0.29) is 31.1 Å². The lowest BCUT2D eigenvalue weighted by Gasteiger charge is -2.18. The van der Waals surface area contributed by atoms with Gasteiger partial charge in [0.05, 0.1) is 0 Å². The fourth-order valence-corrected chi connectivity index (χ4v) is 11.3. The molecule has 0 heterocycles. The molecule has 1 unspecified atom stereocenters. The third-order valence-electron chi connectivity index (χ3n) is 16.8. The maximum absolute atomic E-state index is 12.9. The average molecular weight is 1110 g/mol. The molecule has 0 aromatic rings. The topological polar surface area (TPSA) is 78.9 Å².